The summed E-state index contributed by atoms with van der Waals surface area (Å²) in [4.78, 5) is 12.4. The van der Waals surface area contributed by atoms with Gasteiger partial charge in [0.25, 0.3) is 0 Å². The number of piperidine rings is 1. The van der Waals surface area contributed by atoms with Crippen molar-refractivity contribution >= 4 is 31.9 Å². The largest absolute Gasteiger partial charge is 0.360 e. The summed E-state index contributed by atoms with van der Waals surface area (Å²) in [6.45, 7) is 4.52. The van der Waals surface area contributed by atoms with Gasteiger partial charge in [-0.25, -0.2) is 8.42 Å². The van der Waals surface area contributed by atoms with Crippen LogP contribution in [0.25, 0.3) is 0 Å². The molecule has 0 radical (unpaired) electrons. The van der Waals surface area contributed by atoms with E-state index in [1.54, 1.807) is 13.8 Å². The highest BCUT2D eigenvalue weighted by atomic mass is 79.9. The Morgan fingerprint density at radius 3 is 2.64 bits per heavy atom. The standard InChI is InChI=1S/C19H24BrN3O4S/c1-13-19(14(2)27-22-13)28(25,26)23-8-6-15(7-9-23)11-18(24)21-12-16-4-3-5-17(20)10-16/h3-5,10,15H,6-9,11-12H2,1-2H3,(H,21,24). The first-order valence-electron chi connectivity index (χ1n) is 9.21. The van der Waals surface area contributed by atoms with E-state index in [2.05, 4.69) is 26.4 Å². The minimum atomic E-state index is -3.61. The molecular weight excluding hydrogens is 446 g/mol. The topological polar surface area (TPSA) is 92.5 Å². The molecule has 0 spiro atoms. The number of aryl methyl sites for hydroxylation is 2. The summed E-state index contributed by atoms with van der Waals surface area (Å²) >= 11 is 3.42. The molecule has 1 saturated heterocycles. The molecule has 0 bridgehead atoms. The van der Waals surface area contributed by atoms with E-state index in [-0.39, 0.29) is 16.7 Å². The molecular formula is C19H24BrN3O4S. The van der Waals surface area contributed by atoms with Gasteiger partial charge in [-0.3, -0.25) is 4.79 Å². The Bertz CT molecular complexity index is 930. The summed E-state index contributed by atoms with van der Waals surface area (Å²) < 4.78 is 33.1. The van der Waals surface area contributed by atoms with Crippen molar-refractivity contribution < 1.29 is 17.7 Å². The molecule has 0 aliphatic carbocycles. The lowest BCUT2D eigenvalue weighted by Crippen LogP contribution is -2.39. The number of aromatic nitrogens is 1. The second-order valence-corrected chi connectivity index (χ2v) is 9.90. The van der Waals surface area contributed by atoms with E-state index in [1.165, 1.54) is 4.31 Å². The molecule has 1 aromatic heterocycles. The molecule has 152 valence electrons. The van der Waals surface area contributed by atoms with Crippen LogP contribution in [0.4, 0.5) is 0 Å². The predicted octanol–water partition coefficient (Wildman–Crippen LogP) is 3.16. The van der Waals surface area contributed by atoms with Crippen LogP contribution in [0.1, 0.15) is 36.3 Å². The van der Waals surface area contributed by atoms with Crippen LogP contribution in [0, 0.1) is 19.8 Å². The molecule has 1 fully saturated rings. The van der Waals surface area contributed by atoms with Crippen molar-refractivity contribution in [3.05, 3.63) is 45.8 Å². The van der Waals surface area contributed by atoms with Gasteiger partial charge in [0.15, 0.2) is 5.76 Å². The number of benzene rings is 1. The Hall–Kier alpha value is -1.71. The number of nitrogens with one attached hydrogen (secondary N) is 1. The minimum Gasteiger partial charge on any atom is -0.360 e. The van der Waals surface area contributed by atoms with Gasteiger partial charge in [0.05, 0.1) is 0 Å². The number of carbonyl (C=O) groups excluding carboxylic acids is 1. The Balaban J connectivity index is 1.50. The molecule has 1 amide bonds. The second-order valence-electron chi connectivity index (χ2n) is 7.11. The van der Waals surface area contributed by atoms with Gasteiger partial charge >= 0.3 is 0 Å². The summed E-state index contributed by atoms with van der Waals surface area (Å²) in [5.74, 6) is 0.484. The van der Waals surface area contributed by atoms with Crippen LogP contribution in [0.3, 0.4) is 0 Å². The van der Waals surface area contributed by atoms with Gasteiger partial charge in [-0.05, 0) is 50.3 Å². The zero-order valence-electron chi connectivity index (χ0n) is 15.9. The summed E-state index contributed by atoms with van der Waals surface area (Å²) in [6, 6.07) is 7.80. The fraction of sp³-hybridized carbons (Fsp3) is 0.474. The molecule has 1 aliphatic heterocycles. The smallest absolute Gasteiger partial charge is 0.248 e. The number of hydrogen-bond donors (Lipinski definition) is 1. The molecule has 9 heteroatoms. The average Bonchev–Trinajstić information content (AvgIpc) is 2.99. The first-order chi connectivity index (χ1) is 13.3. The normalized spacial score (nSPS) is 16.2. The maximum atomic E-state index is 12.8. The maximum absolute atomic E-state index is 12.8. The van der Waals surface area contributed by atoms with Crippen LogP contribution >= 0.6 is 15.9 Å². The van der Waals surface area contributed by atoms with E-state index in [0.717, 1.165) is 10.0 Å². The van der Waals surface area contributed by atoms with Gasteiger partial charge < -0.3 is 9.84 Å². The molecule has 1 aromatic carbocycles. The highest BCUT2D eigenvalue weighted by Crippen LogP contribution is 2.28. The number of hydrogen-bond acceptors (Lipinski definition) is 5. The van der Waals surface area contributed by atoms with Gasteiger partial charge in [0.2, 0.25) is 15.9 Å². The Kier molecular flexibility index (Phi) is 6.57. The van der Waals surface area contributed by atoms with Crippen molar-refractivity contribution in [3.8, 4) is 0 Å². The van der Waals surface area contributed by atoms with Crippen LogP contribution in [-0.2, 0) is 21.4 Å². The van der Waals surface area contributed by atoms with Crippen molar-refractivity contribution in [2.45, 2.75) is 44.6 Å². The van der Waals surface area contributed by atoms with Crippen molar-refractivity contribution in [3.63, 3.8) is 0 Å². The van der Waals surface area contributed by atoms with E-state index < -0.39 is 10.0 Å². The van der Waals surface area contributed by atoms with E-state index >= 15 is 0 Å². The number of nitrogens with zero attached hydrogens (tertiary/aromatic N) is 2. The predicted molar refractivity (Wildman–Crippen MR) is 108 cm³/mol. The van der Waals surface area contributed by atoms with Crippen LogP contribution < -0.4 is 5.32 Å². The highest BCUT2D eigenvalue weighted by molar-refractivity contribution is 9.10. The van der Waals surface area contributed by atoms with Gasteiger partial charge in [0.1, 0.15) is 10.6 Å². The van der Waals surface area contributed by atoms with E-state index in [4.69, 9.17) is 4.52 Å². The molecule has 3 rings (SSSR count). The molecule has 2 heterocycles. The molecule has 7 nitrogen and oxygen atoms in total. The zero-order chi connectivity index (χ0) is 20.3. The van der Waals surface area contributed by atoms with Crippen molar-refractivity contribution in [1.82, 2.24) is 14.8 Å². The number of halogens is 1. The first-order valence-corrected chi connectivity index (χ1v) is 11.4. The van der Waals surface area contributed by atoms with Crippen LogP contribution in [0.2, 0.25) is 0 Å². The van der Waals surface area contributed by atoms with Crippen molar-refractivity contribution in [2.75, 3.05) is 13.1 Å². The van der Waals surface area contributed by atoms with Gasteiger partial charge in [0, 0.05) is 30.5 Å². The average molecular weight is 470 g/mol. The fourth-order valence-electron chi connectivity index (χ4n) is 3.51. The maximum Gasteiger partial charge on any atom is 0.248 e. The quantitative estimate of drug-likeness (QED) is 0.700. The van der Waals surface area contributed by atoms with Gasteiger partial charge in [-0.15, -0.1) is 0 Å². The third-order valence-electron chi connectivity index (χ3n) is 4.99. The minimum absolute atomic E-state index is 0.00740. The van der Waals surface area contributed by atoms with E-state index in [1.807, 2.05) is 24.3 Å². The number of carbonyl (C=O) groups is 1. The van der Waals surface area contributed by atoms with Crippen LogP contribution in [0.15, 0.2) is 38.2 Å². The lowest BCUT2D eigenvalue weighted by Gasteiger charge is -2.30. The summed E-state index contributed by atoms with van der Waals surface area (Å²) in [5.41, 5.74) is 1.41. The summed E-state index contributed by atoms with van der Waals surface area (Å²) in [7, 11) is -3.61. The monoisotopic (exact) mass is 469 g/mol. The van der Waals surface area contributed by atoms with Crippen molar-refractivity contribution in [1.29, 1.82) is 0 Å². The lowest BCUT2D eigenvalue weighted by molar-refractivity contribution is -0.122. The summed E-state index contributed by atoms with van der Waals surface area (Å²) in [5, 5.41) is 6.69. The SMILES string of the molecule is Cc1noc(C)c1S(=O)(=O)N1CCC(CC(=O)NCc2cccc(Br)c2)CC1. The molecule has 0 saturated carbocycles. The molecule has 28 heavy (non-hydrogen) atoms. The number of sulfonamides is 1. The number of amides is 1. The highest BCUT2D eigenvalue weighted by Gasteiger charge is 2.34. The first kappa shape index (κ1) is 21.0. The zero-order valence-corrected chi connectivity index (χ0v) is 18.3. The third-order valence-corrected chi connectivity index (χ3v) is 7.63. The fourth-order valence-corrected chi connectivity index (χ4v) is 5.72. The third kappa shape index (κ3) is 4.82. The Morgan fingerprint density at radius 2 is 2.04 bits per heavy atom. The summed E-state index contributed by atoms with van der Waals surface area (Å²) in [6.07, 6.45) is 1.73. The van der Waals surface area contributed by atoms with E-state index in [9.17, 15) is 13.2 Å². The molecule has 0 unspecified atom stereocenters. The van der Waals surface area contributed by atoms with Gasteiger partial charge in [-0.2, -0.15) is 4.31 Å². The Labute approximate surface area is 173 Å². The van der Waals surface area contributed by atoms with Crippen LogP contribution in [-0.4, -0.2) is 36.9 Å². The molecule has 0 atom stereocenters. The molecule has 1 N–H and O–H groups in total. The van der Waals surface area contributed by atoms with Crippen molar-refractivity contribution in [2.24, 2.45) is 5.92 Å². The molecule has 1 aliphatic rings. The second kappa shape index (κ2) is 8.75. The Morgan fingerprint density at radius 1 is 1.32 bits per heavy atom. The lowest BCUT2D eigenvalue weighted by atomic mass is 9.94. The number of rotatable bonds is 6. The van der Waals surface area contributed by atoms with E-state index in [0.29, 0.717) is 50.4 Å². The van der Waals surface area contributed by atoms with Gasteiger partial charge in [-0.1, -0.05) is 33.2 Å². The van der Waals surface area contributed by atoms with Crippen LogP contribution in [0.5, 0.6) is 0 Å². The molecule has 2 aromatic rings.